The van der Waals surface area contributed by atoms with E-state index < -0.39 is 33.1 Å². The van der Waals surface area contributed by atoms with E-state index in [1.807, 2.05) is 35.2 Å². The number of piperidine rings is 1. The fourth-order valence-electron chi connectivity index (χ4n) is 4.09. The Morgan fingerprint density at radius 2 is 1.62 bits per heavy atom. The van der Waals surface area contributed by atoms with Gasteiger partial charge in [-0.25, -0.2) is 0 Å². The van der Waals surface area contributed by atoms with Crippen LogP contribution in [0.3, 0.4) is 0 Å². The van der Waals surface area contributed by atoms with Crippen LogP contribution in [-0.2, 0) is 21.3 Å². The summed E-state index contributed by atoms with van der Waals surface area (Å²) in [4.78, 5) is 1.91. The Bertz CT molecular complexity index is 923. The zero-order valence-corrected chi connectivity index (χ0v) is 17.1. The number of hydrogen-bond donors (Lipinski definition) is 4. The summed E-state index contributed by atoms with van der Waals surface area (Å²) < 4.78 is 32.8. The molecule has 4 N–H and O–H groups in total. The minimum absolute atomic E-state index is 0.0125. The minimum Gasteiger partial charge on any atom is -0.508 e. The Hall–Kier alpha value is -1.97. The Labute approximate surface area is 171 Å². The van der Waals surface area contributed by atoms with Gasteiger partial charge in [0, 0.05) is 19.1 Å². The van der Waals surface area contributed by atoms with Crippen molar-refractivity contribution in [3.63, 3.8) is 0 Å². The van der Waals surface area contributed by atoms with Crippen molar-refractivity contribution in [2.45, 2.75) is 37.0 Å². The summed E-state index contributed by atoms with van der Waals surface area (Å²) >= 11 is 0. The highest BCUT2D eigenvalue weighted by atomic mass is 32.2. The molecule has 1 aliphatic rings. The Kier molecular flexibility index (Phi) is 6.03. The van der Waals surface area contributed by atoms with E-state index in [1.54, 1.807) is 6.92 Å². The van der Waals surface area contributed by atoms with Gasteiger partial charge in [-0.1, -0.05) is 42.5 Å². The molecule has 0 spiro atoms. The molecule has 0 amide bonds. The van der Waals surface area contributed by atoms with E-state index in [9.17, 15) is 28.3 Å². The SMILES string of the molecule is CC(N1CCC(O)(c2ccccc2)CC1)C(O)(CS(=O)(=O)O)c1ccc(O)cc1. The van der Waals surface area contributed by atoms with E-state index in [1.165, 1.54) is 24.3 Å². The first-order valence-corrected chi connectivity index (χ1v) is 11.1. The van der Waals surface area contributed by atoms with Crippen LogP contribution in [0.2, 0.25) is 0 Å². The number of aliphatic hydroxyl groups is 2. The molecule has 1 heterocycles. The fourth-order valence-corrected chi connectivity index (χ4v) is 5.06. The fraction of sp³-hybridized carbons (Fsp3) is 0.429. The summed E-state index contributed by atoms with van der Waals surface area (Å²) in [5.74, 6) is -0.882. The molecule has 7 nitrogen and oxygen atoms in total. The van der Waals surface area contributed by atoms with Gasteiger partial charge in [0.15, 0.2) is 0 Å². The lowest BCUT2D eigenvalue weighted by Crippen LogP contribution is -2.56. The third-order valence-electron chi connectivity index (χ3n) is 5.94. The van der Waals surface area contributed by atoms with Crippen molar-refractivity contribution in [2.75, 3.05) is 18.8 Å². The molecule has 158 valence electrons. The standard InChI is InChI=1S/C21H27NO6S/c1-16(21(25,15-29(26,27)28)18-7-9-19(23)10-8-18)22-13-11-20(24,12-14-22)17-5-3-2-4-6-17/h2-10,16,23-25H,11-15H2,1H3,(H,26,27,28). The number of phenolic OH excluding ortho intramolecular Hbond substituents is 1. The smallest absolute Gasteiger partial charge is 0.268 e. The summed E-state index contributed by atoms with van der Waals surface area (Å²) in [6, 6.07) is 14.3. The van der Waals surface area contributed by atoms with E-state index in [0.29, 0.717) is 25.9 Å². The van der Waals surface area contributed by atoms with Gasteiger partial charge in [0.1, 0.15) is 17.1 Å². The van der Waals surface area contributed by atoms with E-state index >= 15 is 0 Å². The predicted octanol–water partition coefficient (Wildman–Crippen LogP) is 1.84. The number of likely N-dealkylation sites (tertiary alicyclic amines) is 1. The molecule has 0 aliphatic carbocycles. The van der Waals surface area contributed by atoms with E-state index in [-0.39, 0.29) is 11.3 Å². The van der Waals surface area contributed by atoms with Gasteiger partial charge < -0.3 is 15.3 Å². The molecule has 2 aromatic carbocycles. The second-order valence-corrected chi connectivity index (χ2v) is 9.26. The van der Waals surface area contributed by atoms with Crippen molar-refractivity contribution >= 4 is 10.1 Å². The maximum atomic E-state index is 11.7. The molecule has 2 unspecified atom stereocenters. The lowest BCUT2D eigenvalue weighted by molar-refractivity contribution is -0.0779. The molecule has 1 saturated heterocycles. The second kappa shape index (κ2) is 8.04. The zero-order chi connectivity index (χ0) is 21.3. The minimum atomic E-state index is -4.48. The monoisotopic (exact) mass is 421 g/mol. The average molecular weight is 422 g/mol. The van der Waals surface area contributed by atoms with Crippen LogP contribution in [-0.4, -0.2) is 58.1 Å². The van der Waals surface area contributed by atoms with Gasteiger partial charge in [0.25, 0.3) is 10.1 Å². The second-order valence-electron chi connectivity index (χ2n) is 7.81. The van der Waals surface area contributed by atoms with E-state index in [0.717, 1.165) is 5.56 Å². The van der Waals surface area contributed by atoms with Gasteiger partial charge in [-0.05, 0) is 43.0 Å². The molecule has 0 radical (unpaired) electrons. The topological polar surface area (TPSA) is 118 Å². The molecule has 1 fully saturated rings. The highest BCUT2D eigenvalue weighted by Gasteiger charge is 2.45. The summed E-state index contributed by atoms with van der Waals surface area (Å²) in [5, 5.41) is 31.9. The molecule has 2 atom stereocenters. The lowest BCUT2D eigenvalue weighted by Gasteiger charge is -2.46. The predicted molar refractivity (Wildman–Crippen MR) is 109 cm³/mol. The van der Waals surface area contributed by atoms with Gasteiger partial charge in [-0.3, -0.25) is 9.45 Å². The number of nitrogens with zero attached hydrogens (tertiary/aromatic N) is 1. The highest BCUT2D eigenvalue weighted by Crippen LogP contribution is 2.37. The van der Waals surface area contributed by atoms with Crippen LogP contribution >= 0.6 is 0 Å². The Morgan fingerprint density at radius 3 is 2.14 bits per heavy atom. The first-order valence-electron chi connectivity index (χ1n) is 9.52. The number of phenols is 1. The molecule has 2 aromatic rings. The molecular formula is C21H27NO6S. The van der Waals surface area contributed by atoms with Crippen LogP contribution in [0.1, 0.15) is 30.9 Å². The van der Waals surface area contributed by atoms with Crippen molar-refractivity contribution in [3.8, 4) is 5.75 Å². The first-order chi connectivity index (χ1) is 13.5. The van der Waals surface area contributed by atoms with Gasteiger partial charge >= 0.3 is 0 Å². The number of aromatic hydroxyl groups is 1. The van der Waals surface area contributed by atoms with E-state index in [4.69, 9.17) is 0 Å². The molecule has 3 rings (SSSR count). The van der Waals surface area contributed by atoms with Crippen molar-refractivity contribution in [3.05, 3.63) is 65.7 Å². The van der Waals surface area contributed by atoms with Gasteiger partial charge in [-0.2, -0.15) is 8.42 Å². The molecule has 29 heavy (non-hydrogen) atoms. The highest BCUT2D eigenvalue weighted by molar-refractivity contribution is 7.85. The maximum absolute atomic E-state index is 11.7. The molecule has 8 heteroatoms. The molecule has 0 bridgehead atoms. The van der Waals surface area contributed by atoms with Gasteiger partial charge in [0.2, 0.25) is 0 Å². The lowest BCUT2D eigenvalue weighted by atomic mass is 9.82. The third kappa shape index (κ3) is 4.79. The van der Waals surface area contributed by atoms with Crippen LogP contribution in [0.15, 0.2) is 54.6 Å². The maximum Gasteiger partial charge on any atom is 0.268 e. The van der Waals surface area contributed by atoms with Crippen LogP contribution < -0.4 is 0 Å². The van der Waals surface area contributed by atoms with Crippen LogP contribution in [0.5, 0.6) is 5.75 Å². The summed E-state index contributed by atoms with van der Waals surface area (Å²) in [7, 11) is -4.48. The molecular weight excluding hydrogens is 394 g/mol. The largest absolute Gasteiger partial charge is 0.508 e. The molecule has 0 aromatic heterocycles. The normalized spacial score (nSPS) is 20.7. The van der Waals surface area contributed by atoms with Crippen LogP contribution in [0.4, 0.5) is 0 Å². The zero-order valence-electron chi connectivity index (χ0n) is 16.3. The first kappa shape index (κ1) is 21.7. The van der Waals surface area contributed by atoms with Crippen LogP contribution in [0.25, 0.3) is 0 Å². The number of hydrogen-bond acceptors (Lipinski definition) is 6. The summed E-state index contributed by atoms with van der Waals surface area (Å²) in [5.41, 5.74) is -1.75. The van der Waals surface area contributed by atoms with Crippen molar-refractivity contribution in [1.82, 2.24) is 4.90 Å². The Balaban J connectivity index is 1.84. The van der Waals surface area contributed by atoms with Crippen molar-refractivity contribution in [2.24, 2.45) is 0 Å². The summed E-state index contributed by atoms with van der Waals surface area (Å²) in [6.07, 6.45) is 0.859. The van der Waals surface area contributed by atoms with Gasteiger partial charge in [-0.15, -0.1) is 0 Å². The Morgan fingerprint density at radius 1 is 1.07 bits per heavy atom. The summed E-state index contributed by atoms with van der Waals surface area (Å²) in [6.45, 7) is 2.59. The molecule has 1 aliphatic heterocycles. The number of rotatable bonds is 6. The number of benzene rings is 2. The van der Waals surface area contributed by atoms with Crippen molar-refractivity contribution in [1.29, 1.82) is 0 Å². The van der Waals surface area contributed by atoms with Crippen molar-refractivity contribution < 1.29 is 28.3 Å². The van der Waals surface area contributed by atoms with E-state index in [2.05, 4.69) is 0 Å². The van der Waals surface area contributed by atoms with Gasteiger partial charge in [0.05, 0.1) is 5.60 Å². The molecule has 0 saturated carbocycles. The van der Waals surface area contributed by atoms with Crippen LogP contribution in [0, 0.1) is 0 Å². The average Bonchev–Trinajstić information content (AvgIpc) is 2.68. The third-order valence-corrected chi connectivity index (χ3v) is 6.75. The quantitative estimate of drug-likeness (QED) is 0.526.